The molecule has 78 valence electrons. The Kier molecular flexibility index (Phi) is 2.72. The van der Waals surface area contributed by atoms with Gasteiger partial charge in [-0.2, -0.15) is 0 Å². The zero-order chi connectivity index (χ0) is 10.7. The highest BCUT2D eigenvalue weighted by Gasteiger charge is 2.09. The second kappa shape index (κ2) is 4.17. The normalized spacial score (nSPS) is 19.3. The van der Waals surface area contributed by atoms with Gasteiger partial charge < -0.3 is 10.1 Å². The van der Waals surface area contributed by atoms with Gasteiger partial charge in [0.15, 0.2) is 0 Å². The molecule has 0 aliphatic carbocycles. The number of allylic oxidation sites excluding steroid dienone is 1. The van der Waals surface area contributed by atoms with Crippen molar-refractivity contribution < 1.29 is 4.74 Å². The molecule has 3 heteroatoms. The van der Waals surface area contributed by atoms with Crippen LogP contribution in [0.25, 0.3) is 0 Å². The number of aliphatic imine (C=N–C) groups is 1. The molecule has 0 saturated heterocycles. The molecule has 0 amide bonds. The number of rotatable bonds is 2. The summed E-state index contributed by atoms with van der Waals surface area (Å²) in [6.07, 6.45) is 3.88. The highest BCUT2D eigenvalue weighted by atomic mass is 16.5. The third-order valence-corrected chi connectivity index (χ3v) is 2.33. The molecule has 1 aliphatic heterocycles. The van der Waals surface area contributed by atoms with E-state index in [0.717, 1.165) is 16.9 Å². The van der Waals surface area contributed by atoms with Crippen LogP contribution in [-0.4, -0.2) is 13.3 Å². The van der Waals surface area contributed by atoms with Crippen LogP contribution in [0.2, 0.25) is 0 Å². The van der Waals surface area contributed by atoms with E-state index in [2.05, 4.69) is 10.3 Å². The molecule has 1 heterocycles. The summed E-state index contributed by atoms with van der Waals surface area (Å²) in [5.41, 5.74) is 2.27. The van der Waals surface area contributed by atoms with Crippen molar-refractivity contribution >= 4 is 6.21 Å². The summed E-state index contributed by atoms with van der Waals surface area (Å²) in [6.45, 7) is 2.01. The standard InChI is InChI=1S/C12H14N2O/c1-9-7-13-12(14-8-9)10-3-5-11(15-2)6-4-10/h3-8,12-13H,1-2H3. The highest BCUT2D eigenvalue weighted by molar-refractivity contribution is 5.78. The van der Waals surface area contributed by atoms with Gasteiger partial charge in [0.1, 0.15) is 11.9 Å². The molecular formula is C12H14N2O. The number of hydrogen-bond donors (Lipinski definition) is 1. The van der Waals surface area contributed by atoms with E-state index in [-0.39, 0.29) is 6.17 Å². The minimum Gasteiger partial charge on any atom is -0.497 e. The van der Waals surface area contributed by atoms with E-state index in [9.17, 15) is 0 Å². The molecule has 1 atom stereocenters. The van der Waals surface area contributed by atoms with Gasteiger partial charge in [0.05, 0.1) is 7.11 Å². The molecule has 3 nitrogen and oxygen atoms in total. The first-order chi connectivity index (χ1) is 7.29. The van der Waals surface area contributed by atoms with Crippen molar-refractivity contribution in [3.8, 4) is 5.75 Å². The maximum atomic E-state index is 5.10. The van der Waals surface area contributed by atoms with Gasteiger partial charge in [0.25, 0.3) is 0 Å². The van der Waals surface area contributed by atoms with Crippen molar-refractivity contribution in [2.24, 2.45) is 4.99 Å². The van der Waals surface area contributed by atoms with E-state index in [1.807, 2.05) is 43.6 Å². The minimum atomic E-state index is 0.0274. The van der Waals surface area contributed by atoms with Crippen LogP contribution < -0.4 is 10.1 Å². The van der Waals surface area contributed by atoms with Crippen LogP contribution in [0.1, 0.15) is 18.7 Å². The summed E-state index contributed by atoms with van der Waals surface area (Å²) in [4.78, 5) is 4.39. The molecule has 2 rings (SSSR count). The molecule has 1 aromatic rings. The molecule has 1 N–H and O–H groups in total. The van der Waals surface area contributed by atoms with Gasteiger partial charge in [-0.05, 0) is 30.2 Å². The number of nitrogens with zero attached hydrogens (tertiary/aromatic N) is 1. The lowest BCUT2D eigenvalue weighted by Gasteiger charge is -2.17. The smallest absolute Gasteiger partial charge is 0.144 e. The van der Waals surface area contributed by atoms with Crippen LogP contribution in [0.15, 0.2) is 41.0 Å². The van der Waals surface area contributed by atoms with Crippen LogP contribution in [0, 0.1) is 0 Å². The van der Waals surface area contributed by atoms with Gasteiger partial charge >= 0.3 is 0 Å². The number of methoxy groups -OCH3 is 1. The summed E-state index contributed by atoms with van der Waals surface area (Å²) < 4.78 is 5.10. The Morgan fingerprint density at radius 3 is 2.53 bits per heavy atom. The van der Waals surface area contributed by atoms with Crippen LogP contribution in [0.5, 0.6) is 5.75 Å². The fourth-order valence-corrected chi connectivity index (χ4v) is 1.45. The molecule has 1 aliphatic rings. The molecule has 1 aromatic carbocycles. The average molecular weight is 202 g/mol. The monoisotopic (exact) mass is 202 g/mol. The largest absolute Gasteiger partial charge is 0.497 e. The van der Waals surface area contributed by atoms with Gasteiger partial charge in [0, 0.05) is 12.4 Å². The van der Waals surface area contributed by atoms with E-state index in [1.165, 1.54) is 0 Å². The summed E-state index contributed by atoms with van der Waals surface area (Å²) in [5.74, 6) is 0.866. The molecule has 15 heavy (non-hydrogen) atoms. The van der Waals surface area contributed by atoms with E-state index >= 15 is 0 Å². The Balaban J connectivity index is 2.14. The molecule has 0 radical (unpaired) electrons. The lowest BCUT2D eigenvalue weighted by Crippen LogP contribution is -2.17. The molecular weight excluding hydrogens is 188 g/mol. The third-order valence-electron chi connectivity index (χ3n) is 2.33. The Hall–Kier alpha value is -1.77. The molecule has 0 spiro atoms. The minimum absolute atomic E-state index is 0.0274. The molecule has 0 fully saturated rings. The van der Waals surface area contributed by atoms with Gasteiger partial charge in [-0.3, -0.25) is 4.99 Å². The first kappa shape index (κ1) is 9.77. The van der Waals surface area contributed by atoms with Gasteiger partial charge in [0.2, 0.25) is 0 Å². The molecule has 0 bridgehead atoms. The number of nitrogens with one attached hydrogen (secondary N) is 1. The van der Waals surface area contributed by atoms with E-state index in [4.69, 9.17) is 4.74 Å². The Morgan fingerprint density at radius 2 is 2.00 bits per heavy atom. The SMILES string of the molecule is COc1ccc(C2N=CC(C)=CN2)cc1. The number of ether oxygens (including phenoxy) is 1. The van der Waals surface area contributed by atoms with Crippen LogP contribution >= 0.6 is 0 Å². The maximum Gasteiger partial charge on any atom is 0.144 e. The van der Waals surface area contributed by atoms with Crippen molar-refractivity contribution in [2.45, 2.75) is 13.1 Å². The summed E-state index contributed by atoms with van der Waals surface area (Å²) in [6, 6.07) is 7.92. The maximum absolute atomic E-state index is 5.10. The van der Waals surface area contributed by atoms with Crippen LogP contribution in [0.4, 0.5) is 0 Å². The molecule has 0 aromatic heterocycles. The van der Waals surface area contributed by atoms with Crippen LogP contribution in [0.3, 0.4) is 0 Å². The van der Waals surface area contributed by atoms with Crippen LogP contribution in [-0.2, 0) is 0 Å². The van der Waals surface area contributed by atoms with Crippen molar-refractivity contribution in [3.05, 3.63) is 41.6 Å². The van der Waals surface area contributed by atoms with Crippen molar-refractivity contribution in [3.63, 3.8) is 0 Å². The zero-order valence-electron chi connectivity index (χ0n) is 8.90. The Morgan fingerprint density at radius 1 is 1.27 bits per heavy atom. The average Bonchev–Trinajstić information content (AvgIpc) is 2.30. The summed E-state index contributed by atoms with van der Waals surface area (Å²) >= 11 is 0. The Bertz CT molecular complexity index is 393. The quantitative estimate of drug-likeness (QED) is 0.798. The second-order valence-electron chi connectivity index (χ2n) is 3.51. The fourth-order valence-electron chi connectivity index (χ4n) is 1.45. The number of benzene rings is 1. The summed E-state index contributed by atoms with van der Waals surface area (Å²) in [5, 5.41) is 3.22. The first-order valence-corrected chi connectivity index (χ1v) is 4.89. The lowest BCUT2D eigenvalue weighted by molar-refractivity contribution is 0.414. The van der Waals surface area contributed by atoms with Gasteiger partial charge in [-0.1, -0.05) is 12.1 Å². The van der Waals surface area contributed by atoms with Gasteiger partial charge in [-0.15, -0.1) is 0 Å². The molecule has 1 unspecified atom stereocenters. The Labute approximate surface area is 89.5 Å². The van der Waals surface area contributed by atoms with E-state index in [1.54, 1.807) is 7.11 Å². The van der Waals surface area contributed by atoms with E-state index in [0.29, 0.717) is 0 Å². The topological polar surface area (TPSA) is 33.6 Å². The lowest BCUT2D eigenvalue weighted by atomic mass is 10.1. The van der Waals surface area contributed by atoms with Crippen molar-refractivity contribution in [1.82, 2.24) is 5.32 Å². The highest BCUT2D eigenvalue weighted by Crippen LogP contribution is 2.20. The van der Waals surface area contributed by atoms with Crippen molar-refractivity contribution in [2.75, 3.05) is 7.11 Å². The van der Waals surface area contributed by atoms with E-state index < -0.39 is 0 Å². The fraction of sp³-hybridized carbons (Fsp3) is 0.250. The second-order valence-corrected chi connectivity index (χ2v) is 3.51. The summed E-state index contributed by atoms with van der Waals surface area (Å²) in [7, 11) is 1.66. The first-order valence-electron chi connectivity index (χ1n) is 4.89. The predicted molar refractivity (Wildman–Crippen MR) is 61.1 cm³/mol. The molecule has 0 saturated carbocycles. The zero-order valence-corrected chi connectivity index (χ0v) is 8.90. The van der Waals surface area contributed by atoms with Gasteiger partial charge in [-0.25, -0.2) is 0 Å². The predicted octanol–water partition coefficient (Wildman–Crippen LogP) is 2.27. The van der Waals surface area contributed by atoms with Crippen molar-refractivity contribution in [1.29, 1.82) is 0 Å². The third kappa shape index (κ3) is 2.18. The number of hydrogen-bond acceptors (Lipinski definition) is 3.